The number of nitrogens with one attached hydrogen (secondary N) is 2. The van der Waals surface area contributed by atoms with Crippen molar-refractivity contribution in [2.75, 3.05) is 0 Å². The van der Waals surface area contributed by atoms with Crippen molar-refractivity contribution in [3.8, 4) is 11.1 Å². The van der Waals surface area contributed by atoms with Crippen LogP contribution in [0.2, 0.25) is 0 Å². The lowest BCUT2D eigenvalue weighted by atomic mass is 10.1. The van der Waals surface area contributed by atoms with Gasteiger partial charge < -0.3 is 0 Å². The third-order valence-electron chi connectivity index (χ3n) is 2.71. The summed E-state index contributed by atoms with van der Waals surface area (Å²) in [6.45, 7) is 0. The minimum absolute atomic E-state index is 0.750. The van der Waals surface area contributed by atoms with Gasteiger partial charge in [-0.2, -0.15) is 0 Å². The fraction of sp³-hybridized carbons (Fsp3) is 0.0667. The van der Waals surface area contributed by atoms with E-state index in [1.54, 1.807) is 0 Å². The monoisotopic (exact) mass is 252 g/mol. The van der Waals surface area contributed by atoms with Crippen molar-refractivity contribution in [1.29, 1.82) is 10.8 Å². The lowest BCUT2D eigenvalue weighted by Gasteiger charge is -1.98. The molecule has 0 amide bonds. The maximum Gasteiger partial charge on any atom is 0.231 e. The van der Waals surface area contributed by atoms with E-state index in [1.165, 1.54) is 22.3 Å². The Labute approximate surface area is 110 Å². The van der Waals surface area contributed by atoms with Crippen molar-refractivity contribution in [1.82, 2.24) is 0 Å². The maximum absolute atomic E-state index is 8.35. The number of isocyanates is 2. The molecule has 0 radical (unpaired) electrons. The Morgan fingerprint density at radius 3 is 1.42 bits per heavy atom. The summed E-state index contributed by atoms with van der Waals surface area (Å²) >= 11 is 0. The van der Waals surface area contributed by atoms with Crippen LogP contribution >= 0.6 is 0 Å². The molecular formula is C15H12N2O2. The average molecular weight is 252 g/mol. The Morgan fingerprint density at radius 2 is 1.05 bits per heavy atom. The molecule has 0 saturated carbocycles. The van der Waals surface area contributed by atoms with Gasteiger partial charge >= 0.3 is 0 Å². The first-order valence-electron chi connectivity index (χ1n) is 5.52. The number of rotatable bonds is 0. The van der Waals surface area contributed by atoms with E-state index in [9.17, 15) is 0 Å². The Kier molecular flexibility index (Phi) is 5.64. The van der Waals surface area contributed by atoms with E-state index in [0.29, 0.717) is 0 Å². The van der Waals surface area contributed by atoms with Crippen LogP contribution in [0.4, 0.5) is 0 Å². The molecule has 2 aromatic carbocycles. The summed E-state index contributed by atoms with van der Waals surface area (Å²) in [6, 6.07) is 17.3. The van der Waals surface area contributed by atoms with Gasteiger partial charge in [0.15, 0.2) is 0 Å². The minimum atomic E-state index is 0.750. The van der Waals surface area contributed by atoms with Crippen LogP contribution in [0.1, 0.15) is 11.1 Å². The molecule has 4 heteroatoms. The smallest absolute Gasteiger partial charge is 0.222 e. The summed E-state index contributed by atoms with van der Waals surface area (Å²) in [5, 5.41) is 10.8. The molecule has 0 spiro atoms. The second kappa shape index (κ2) is 7.51. The van der Waals surface area contributed by atoms with Crippen molar-refractivity contribution >= 4 is 12.2 Å². The number of carbonyl (C=O) groups excluding carboxylic acids is 2. The summed E-state index contributed by atoms with van der Waals surface area (Å²) in [5.41, 5.74) is 5.75. The number of hydrogen-bond donors (Lipinski definition) is 2. The van der Waals surface area contributed by atoms with Gasteiger partial charge in [-0.15, -0.1) is 0 Å². The lowest BCUT2D eigenvalue weighted by Crippen LogP contribution is -1.77. The zero-order chi connectivity index (χ0) is 14.1. The highest BCUT2D eigenvalue weighted by Crippen LogP contribution is 2.35. The molecule has 1 aliphatic carbocycles. The Bertz CT molecular complexity index is 568. The number of hydrogen-bond acceptors (Lipinski definition) is 4. The van der Waals surface area contributed by atoms with Crippen LogP contribution < -0.4 is 0 Å². The number of fused-ring (bicyclic) bond motifs is 3. The molecule has 0 unspecified atom stereocenters. The Hall–Kier alpha value is -2.80. The van der Waals surface area contributed by atoms with E-state index in [0.717, 1.165) is 18.6 Å². The molecule has 0 fully saturated rings. The molecule has 1 aliphatic rings. The molecule has 3 rings (SSSR count). The minimum Gasteiger partial charge on any atom is -0.222 e. The van der Waals surface area contributed by atoms with E-state index in [1.807, 2.05) is 0 Å². The predicted molar refractivity (Wildman–Crippen MR) is 71.5 cm³/mol. The van der Waals surface area contributed by atoms with Gasteiger partial charge in [0.25, 0.3) is 0 Å². The summed E-state index contributed by atoms with van der Waals surface area (Å²) in [5.74, 6) is 0. The van der Waals surface area contributed by atoms with E-state index < -0.39 is 0 Å². The van der Waals surface area contributed by atoms with Gasteiger partial charge in [-0.1, -0.05) is 48.5 Å². The van der Waals surface area contributed by atoms with Crippen molar-refractivity contribution in [2.24, 2.45) is 0 Å². The van der Waals surface area contributed by atoms with Crippen molar-refractivity contribution in [3.63, 3.8) is 0 Å². The molecule has 0 bridgehead atoms. The molecule has 0 aliphatic heterocycles. The quantitative estimate of drug-likeness (QED) is 0.476. The van der Waals surface area contributed by atoms with Crippen molar-refractivity contribution in [2.45, 2.75) is 6.42 Å². The van der Waals surface area contributed by atoms with E-state index in [-0.39, 0.29) is 0 Å². The van der Waals surface area contributed by atoms with Gasteiger partial charge in [0.2, 0.25) is 12.2 Å². The van der Waals surface area contributed by atoms with Gasteiger partial charge in [0.1, 0.15) is 0 Å². The van der Waals surface area contributed by atoms with Gasteiger partial charge in [-0.3, -0.25) is 0 Å². The van der Waals surface area contributed by atoms with Crippen LogP contribution in [-0.4, -0.2) is 12.2 Å². The largest absolute Gasteiger partial charge is 0.231 e. The molecule has 19 heavy (non-hydrogen) atoms. The summed E-state index contributed by atoms with van der Waals surface area (Å²) in [6.07, 6.45) is 2.60. The standard InChI is InChI=1S/C13H10.2CHNO/c1-3-7-12-10(5-1)9-11-6-2-4-8-13(11)12;2*2-1-3/h1-8H,9H2;2*2H. The van der Waals surface area contributed by atoms with Crippen LogP contribution in [-0.2, 0) is 16.0 Å². The topological polar surface area (TPSA) is 81.8 Å². The van der Waals surface area contributed by atoms with Crippen LogP contribution in [0.5, 0.6) is 0 Å². The zero-order valence-electron chi connectivity index (χ0n) is 10.1. The highest BCUT2D eigenvalue weighted by molar-refractivity contribution is 5.76. The second-order valence-electron chi connectivity index (χ2n) is 3.70. The molecule has 0 saturated heterocycles. The summed E-state index contributed by atoms with van der Waals surface area (Å²) in [4.78, 5) is 16.7. The molecule has 94 valence electrons. The van der Waals surface area contributed by atoms with Crippen LogP contribution in [0.25, 0.3) is 11.1 Å². The normalized spacial score (nSPS) is 9.26. The summed E-state index contributed by atoms with van der Waals surface area (Å²) < 4.78 is 0. The second-order valence-corrected chi connectivity index (χ2v) is 3.70. The van der Waals surface area contributed by atoms with Crippen molar-refractivity contribution in [3.05, 3.63) is 59.7 Å². The maximum atomic E-state index is 8.35. The lowest BCUT2D eigenvalue weighted by molar-refractivity contribution is 0.562. The fourth-order valence-corrected chi connectivity index (χ4v) is 2.08. The highest BCUT2D eigenvalue weighted by atomic mass is 16.1. The Morgan fingerprint density at radius 1 is 0.737 bits per heavy atom. The van der Waals surface area contributed by atoms with Gasteiger partial charge in [-0.05, 0) is 28.7 Å². The number of benzene rings is 2. The van der Waals surface area contributed by atoms with Crippen LogP contribution in [0.15, 0.2) is 48.5 Å². The molecule has 2 N–H and O–H groups in total. The van der Waals surface area contributed by atoms with E-state index in [2.05, 4.69) is 48.5 Å². The molecule has 0 aromatic heterocycles. The zero-order valence-corrected chi connectivity index (χ0v) is 10.1. The molecule has 0 atom stereocenters. The first kappa shape index (κ1) is 14.3. The molecule has 0 heterocycles. The van der Waals surface area contributed by atoms with Gasteiger partial charge in [0, 0.05) is 0 Å². The van der Waals surface area contributed by atoms with E-state index in [4.69, 9.17) is 20.4 Å². The van der Waals surface area contributed by atoms with Crippen LogP contribution in [0.3, 0.4) is 0 Å². The first-order chi connectivity index (χ1) is 9.28. The highest BCUT2D eigenvalue weighted by Gasteiger charge is 2.15. The SMILES string of the molecule is N=C=O.N=C=O.c1ccc2c(c1)Cc1ccccc1-2. The fourth-order valence-electron chi connectivity index (χ4n) is 2.08. The molecule has 2 aromatic rings. The Balaban J connectivity index is 0.000000261. The molecular weight excluding hydrogens is 240 g/mol. The third kappa shape index (κ3) is 3.58. The average Bonchev–Trinajstić information content (AvgIpc) is 2.79. The van der Waals surface area contributed by atoms with Gasteiger partial charge in [-0.25, -0.2) is 20.4 Å². The summed E-state index contributed by atoms with van der Waals surface area (Å²) in [7, 11) is 0. The first-order valence-corrected chi connectivity index (χ1v) is 5.52. The van der Waals surface area contributed by atoms with Crippen molar-refractivity contribution < 1.29 is 9.59 Å². The molecule has 4 nitrogen and oxygen atoms in total. The van der Waals surface area contributed by atoms with E-state index >= 15 is 0 Å². The van der Waals surface area contributed by atoms with Gasteiger partial charge in [0.05, 0.1) is 0 Å². The third-order valence-corrected chi connectivity index (χ3v) is 2.71. The predicted octanol–water partition coefficient (Wildman–Crippen LogP) is 3.06. The van der Waals surface area contributed by atoms with Crippen LogP contribution in [0, 0.1) is 10.8 Å².